The maximum Gasteiger partial charge on any atom is 0.236 e. The Morgan fingerprint density at radius 2 is 2.35 bits per heavy atom. The van der Waals surface area contributed by atoms with Gasteiger partial charge in [0.1, 0.15) is 0 Å². The van der Waals surface area contributed by atoms with E-state index in [1.54, 1.807) is 6.21 Å². The molecular weight excluding hydrogens is 349 g/mol. The van der Waals surface area contributed by atoms with Crippen molar-refractivity contribution in [3.63, 3.8) is 0 Å². The molecule has 1 N–H and O–H groups in total. The van der Waals surface area contributed by atoms with E-state index >= 15 is 0 Å². The zero-order valence-electron chi connectivity index (χ0n) is 9.11. The van der Waals surface area contributed by atoms with Gasteiger partial charge in [-0.15, -0.1) is 5.10 Å². The van der Waals surface area contributed by atoms with Crippen molar-refractivity contribution in [2.75, 3.05) is 5.75 Å². The van der Waals surface area contributed by atoms with E-state index in [-0.39, 0.29) is 5.91 Å². The molecule has 1 aliphatic heterocycles. The molecule has 0 atom stereocenters. The van der Waals surface area contributed by atoms with Crippen LogP contribution in [0.4, 0.5) is 0 Å². The van der Waals surface area contributed by atoms with E-state index in [2.05, 4.69) is 38.1 Å². The second-order valence-electron chi connectivity index (χ2n) is 3.44. The summed E-state index contributed by atoms with van der Waals surface area (Å²) in [7, 11) is 0. The van der Waals surface area contributed by atoms with Crippen LogP contribution >= 0.6 is 34.4 Å². The lowest BCUT2D eigenvalue weighted by molar-refractivity contribution is -0.116. The number of nitrogens with one attached hydrogen (secondary N) is 1. The molecule has 1 heterocycles. The zero-order valence-corrected chi connectivity index (χ0v) is 12.1. The first kappa shape index (κ1) is 12.6. The molecule has 1 fully saturated rings. The summed E-state index contributed by atoms with van der Waals surface area (Å²) in [5, 5.41) is 11.1. The fourth-order valence-corrected chi connectivity index (χ4v) is 2.44. The van der Waals surface area contributed by atoms with Crippen molar-refractivity contribution in [1.29, 1.82) is 0 Å². The van der Waals surface area contributed by atoms with E-state index in [9.17, 15) is 4.79 Å². The minimum Gasteiger partial charge on any atom is -0.303 e. The molecule has 2 rings (SSSR count). The zero-order chi connectivity index (χ0) is 12.3. The molecule has 1 aromatic rings. The van der Waals surface area contributed by atoms with E-state index in [0.29, 0.717) is 10.9 Å². The smallest absolute Gasteiger partial charge is 0.236 e. The number of hydrogen-bond donors (Lipinski definition) is 1. The van der Waals surface area contributed by atoms with E-state index in [1.807, 2.05) is 25.1 Å². The third-order valence-corrected chi connectivity index (χ3v) is 4.27. The van der Waals surface area contributed by atoms with Gasteiger partial charge >= 0.3 is 0 Å². The van der Waals surface area contributed by atoms with Gasteiger partial charge in [0.25, 0.3) is 0 Å². The third-order valence-electron chi connectivity index (χ3n) is 2.24. The minimum atomic E-state index is -0.0191. The Labute approximate surface area is 117 Å². The lowest BCUT2D eigenvalue weighted by Crippen LogP contribution is -2.19. The van der Waals surface area contributed by atoms with E-state index in [4.69, 9.17) is 0 Å². The van der Waals surface area contributed by atoms with Crippen LogP contribution in [-0.4, -0.2) is 23.0 Å². The topological polar surface area (TPSA) is 53.8 Å². The van der Waals surface area contributed by atoms with Crippen molar-refractivity contribution in [3.05, 3.63) is 32.9 Å². The summed E-state index contributed by atoms with van der Waals surface area (Å²) in [5.41, 5.74) is 2.22. The lowest BCUT2D eigenvalue weighted by Gasteiger charge is -2.00. The highest BCUT2D eigenvalue weighted by Crippen LogP contribution is 2.14. The van der Waals surface area contributed by atoms with Gasteiger partial charge < -0.3 is 5.32 Å². The first-order chi connectivity index (χ1) is 8.16. The van der Waals surface area contributed by atoms with Crippen LogP contribution in [-0.2, 0) is 4.79 Å². The molecule has 88 valence electrons. The second kappa shape index (κ2) is 5.63. The van der Waals surface area contributed by atoms with Crippen LogP contribution in [0, 0.1) is 10.5 Å². The first-order valence-corrected chi connectivity index (χ1v) is 7.02. The van der Waals surface area contributed by atoms with Gasteiger partial charge in [-0.25, -0.2) is 0 Å². The molecule has 4 nitrogen and oxygen atoms in total. The van der Waals surface area contributed by atoms with Crippen molar-refractivity contribution in [2.24, 2.45) is 10.2 Å². The quantitative estimate of drug-likeness (QED) is 0.500. The maximum absolute atomic E-state index is 10.9. The first-order valence-electron chi connectivity index (χ1n) is 4.95. The Hall–Kier alpha value is -0.890. The molecule has 17 heavy (non-hydrogen) atoms. The summed E-state index contributed by atoms with van der Waals surface area (Å²) >= 11 is 3.65. The average Bonchev–Trinajstić information content (AvgIpc) is 2.70. The van der Waals surface area contributed by atoms with Crippen LogP contribution in [0.25, 0.3) is 0 Å². The van der Waals surface area contributed by atoms with Crippen LogP contribution in [0.3, 0.4) is 0 Å². The standard InChI is InChI=1S/C11H10IN3OS/c1-7-8(3-2-4-9(7)12)5-13-15-11-14-10(16)6-17-11/h2-5H,6H2,1H3,(H,14,15,16). The highest BCUT2D eigenvalue weighted by Gasteiger charge is 2.15. The monoisotopic (exact) mass is 359 g/mol. The van der Waals surface area contributed by atoms with E-state index in [1.165, 1.54) is 20.9 Å². The molecule has 6 heteroatoms. The molecule has 1 aliphatic rings. The fraction of sp³-hybridized carbons (Fsp3) is 0.182. The Balaban J connectivity index is 2.11. The molecule has 0 saturated carbocycles. The van der Waals surface area contributed by atoms with Crippen molar-refractivity contribution in [1.82, 2.24) is 5.32 Å². The van der Waals surface area contributed by atoms with Crippen LogP contribution in [0.1, 0.15) is 11.1 Å². The van der Waals surface area contributed by atoms with Crippen LogP contribution in [0.2, 0.25) is 0 Å². The fourth-order valence-electron chi connectivity index (χ4n) is 1.29. The van der Waals surface area contributed by atoms with Crippen molar-refractivity contribution < 1.29 is 4.79 Å². The highest BCUT2D eigenvalue weighted by molar-refractivity contribution is 14.1. The van der Waals surface area contributed by atoms with Crippen LogP contribution < -0.4 is 5.32 Å². The van der Waals surface area contributed by atoms with Gasteiger partial charge in [-0.2, -0.15) is 5.10 Å². The van der Waals surface area contributed by atoms with Crippen molar-refractivity contribution in [3.8, 4) is 0 Å². The summed E-state index contributed by atoms with van der Waals surface area (Å²) in [5.74, 6) is 0.408. The number of hydrogen-bond acceptors (Lipinski definition) is 4. The molecule has 1 aromatic carbocycles. The highest BCUT2D eigenvalue weighted by atomic mass is 127. The normalized spacial score (nSPS) is 18.0. The minimum absolute atomic E-state index is 0.0191. The Bertz CT molecular complexity index is 513. The SMILES string of the molecule is Cc1c(I)cccc1C=NN=C1NC(=O)CS1. The molecule has 0 bridgehead atoms. The summed E-state index contributed by atoms with van der Waals surface area (Å²) in [6.45, 7) is 2.04. The van der Waals surface area contributed by atoms with Gasteiger partial charge in [-0.3, -0.25) is 4.79 Å². The molecule has 1 saturated heterocycles. The number of rotatable bonds is 2. The molecular formula is C11H10IN3OS. The number of carbonyl (C=O) groups is 1. The predicted molar refractivity (Wildman–Crippen MR) is 79.5 cm³/mol. The van der Waals surface area contributed by atoms with Gasteiger partial charge in [-0.1, -0.05) is 23.9 Å². The third kappa shape index (κ3) is 3.29. The van der Waals surface area contributed by atoms with E-state index < -0.39 is 0 Å². The Morgan fingerprint density at radius 1 is 1.53 bits per heavy atom. The molecule has 0 aromatic heterocycles. The predicted octanol–water partition coefficient (Wildman–Crippen LogP) is 2.15. The average molecular weight is 359 g/mol. The Kier molecular flexibility index (Phi) is 4.16. The summed E-state index contributed by atoms with van der Waals surface area (Å²) in [4.78, 5) is 10.9. The summed E-state index contributed by atoms with van der Waals surface area (Å²) in [6.07, 6.45) is 1.70. The molecule has 0 spiro atoms. The Morgan fingerprint density at radius 3 is 3.06 bits per heavy atom. The van der Waals surface area contributed by atoms with Gasteiger partial charge in [0, 0.05) is 3.57 Å². The molecule has 1 amide bonds. The van der Waals surface area contributed by atoms with Gasteiger partial charge in [0.2, 0.25) is 5.91 Å². The van der Waals surface area contributed by atoms with Crippen molar-refractivity contribution >= 4 is 51.6 Å². The number of halogens is 1. The number of thioether (sulfide) groups is 1. The lowest BCUT2D eigenvalue weighted by atomic mass is 10.1. The van der Waals surface area contributed by atoms with E-state index in [0.717, 1.165) is 5.56 Å². The van der Waals surface area contributed by atoms with Crippen LogP contribution in [0.5, 0.6) is 0 Å². The van der Waals surface area contributed by atoms with Gasteiger partial charge in [0.15, 0.2) is 5.17 Å². The number of amidine groups is 1. The molecule has 0 aliphatic carbocycles. The van der Waals surface area contributed by atoms with Gasteiger partial charge in [0.05, 0.1) is 12.0 Å². The largest absolute Gasteiger partial charge is 0.303 e. The summed E-state index contributed by atoms with van der Waals surface area (Å²) in [6, 6.07) is 6.02. The maximum atomic E-state index is 10.9. The second-order valence-corrected chi connectivity index (χ2v) is 5.57. The number of benzene rings is 1. The molecule has 0 radical (unpaired) electrons. The van der Waals surface area contributed by atoms with Gasteiger partial charge in [-0.05, 0) is 46.7 Å². The summed E-state index contributed by atoms with van der Waals surface area (Å²) < 4.78 is 1.20. The molecule has 0 unspecified atom stereocenters. The van der Waals surface area contributed by atoms with Crippen LogP contribution in [0.15, 0.2) is 28.4 Å². The number of carbonyl (C=O) groups excluding carboxylic acids is 1. The van der Waals surface area contributed by atoms with Crippen molar-refractivity contribution in [2.45, 2.75) is 6.92 Å². The number of nitrogens with zero attached hydrogens (tertiary/aromatic N) is 2. The number of amides is 1.